The average Bonchev–Trinajstić information content (AvgIpc) is 3.08. The summed E-state index contributed by atoms with van der Waals surface area (Å²) in [6.07, 6.45) is 2.24. The minimum atomic E-state index is 0.0587. The molecule has 0 aliphatic carbocycles. The molecular weight excluding hydrogens is 242 g/mol. The summed E-state index contributed by atoms with van der Waals surface area (Å²) in [5.41, 5.74) is 0. The van der Waals surface area contributed by atoms with Crippen LogP contribution in [0.25, 0.3) is 0 Å². The van der Waals surface area contributed by atoms with Crippen LogP contribution in [0.15, 0.2) is 0 Å². The van der Waals surface area contributed by atoms with Gasteiger partial charge in [0.2, 0.25) is 5.91 Å². The van der Waals surface area contributed by atoms with Crippen LogP contribution in [0.3, 0.4) is 0 Å². The average molecular weight is 267 g/mol. The Balaban J connectivity index is 1.54. The summed E-state index contributed by atoms with van der Waals surface area (Å²) < 4.78 is 5.40. The van der Waals surface area contributed by atoms with Crippen molar-refractivity contribution in [3.05, 3.63) is 0 Å². The third kappa shape index (κ3) is 2.78. The zero-order valence-electron chi connectivity index (χ0n) is 11.8. The van der Waals surface area contributed by atoms with Gasteiger partial charge in [-0.15, -0.1) is 0 Å². The van der Waals surface area contributed by atoms with Crippen molar-refractivity contribution in [1.29, 1.82) is 0 Å². The van der Waals surface area contributed by atoms with Crippen LogP contribution < -0.4 is 5.32 Å². The van der Waals surface area contributed by atoms with Gasteiger partial charge in [-0.1, -0.05) is 6.92 Å². The molecule has 3 heterocycles. The first kappa shape index (κ1) is 13.3. The molecule has 0 spiro atoms. The van der Waals surface area contributed by atoms with E-state index < -0.39 is 0 Å². The second-order valence-electron chi connectivity index (χ2n) is 6.07. The van der Waals surface area contributed by atoms with E-state index in [4.69, 9.17) is 4.74 Å². The maximum atomic E-state index is 12.5. The summed E-state index contributed by atoms with van der Waals surface area (Å²) >= 11 is 0. The predicted molar refractivity (Wildman–Crippen MR) is 72.9 cm³/mol. The standard InChI is InChI=1S/C14H25N3O2/c1-11-2-4-15-13(11)14(18)17-5-3-12(10-17)16-6-8-19-9-7-16/h11-13,15H,2-10H2,1H3. The second kappa shape index (κ2) is 5.77. The van der Waals surface area contributed by atoms with Gasteiger partial charge in [0, 0.05) is 32.2 Å². The molecule has 3 rings (SSSR count). The molecule has 5 heteroatoms. The molecule has 0 aromatic carbocycles. The van der Waals surface area contributed by atoms with Crippen LogP contribution in [-0.2, 0) is 9.53 Å². The molecular formula is C14H25N3O2. The summed E-state index contributed by atoms with van der Waals surface area (Å²) in [6, 6.07) is 0.605. The first-order valence-corrected chi connectivity index (χ1v) is 7.59. The van der Waals surface area contributed by atoms with E-state index in [-0.39, 0.29) is 6.04 Å². The smallest absolute Gasteiger partial charge is 0.240 e. The lowest BCUT2D eigenvalue weighted by Crippen LogP contribution is -2.48. The van der Waals surface area contributed by atoms with E-state index in [2.05, 4.69) is 22.0 Å². The van der Waals surface area contributed by atoms with Crippen LogP contribution in [0.4, 0.5) is 0 Å². The van der Waals surface area contributed by atoms with Crippen LogP contribution in [0, 0.1) is 5.92 Å². The molecule has 1 amide bonds. The highest BCUT2D eigenvalue weighted by atomic mass is 16.5. The van der Waals surface area contributed by atoms with Gasteiger partial charge >= 0.3 is 0 Å². The van der Waals surface area contributed by atoms with Crippen LogP contribution >= 0.6 is 0 Å². The van der Waals surface area contributed by atoms with Crippen LogP contribution in [0.5, 0.6) is 0 Å². The molecule has 0 aromatic rings. The van der Waals surface area contributed by atoms with Crippen molar-refractivity contribution < 1.29 is 9.53 Å². The molecule has 3 fully saturated rings. The van der Waals surface area contributed by atoms with E-state index in [1.807, 2.05) is 0 Å². The topological polar surface area (TPSA) is 44.8 Å². The van der Waals surface area contributed by atoms with Crippen molar-refractivity contribution in [1.82, 2.24) is 15.1 Å². The van der Waals surface area contributed by atoms with E-state index in [0.717, 1.165) is 58.8 Å². The molecule has 0 saturated carbocycles. The molecule has 5 nitrogen and oxygen atoms in total. The number of morpholine rings is 1. The summed E-state index contributed by atoms with van der Waals surface area (Å²) in [6.45, 7) is 8.71. The van der Waals surface area contributed by atoms with Gasteiger partial charge in [0.05, 0.1) is 19.3 Å². The molecule has 3 aliphatic rings. The number of likely N-dealkylation sites (tertiary alicyclic amines) is 1. The fraction of sp³-hybridized carbons (Fsp3) is 0.929. The van der Waals surface area contributed by atoms with Gasteiger partial charge in [0.15, 0.2) is 0 Å². The predicted octanol–water partition coefficient (Wildman–Crippen LogP) is -0.0825. The van der Waals surface area contributed by atoms with Crippen LogP contribution in [-0.4, -0.2) is 73.7 Å². The first-order valence-electron chi connectivity index (χ1n) is 7.59. The van der Waals surface area contributed by atoms with Gasteiger partial charge in [-0.3, -0.25) is 9.69 Å². The van der Waals surface area contributed by atoms with Crippen molar-refractivity contribution in [3.8, 4) is 0 Å². The Morgan fingerprint density at radius 1 is 1.21 bits per heavy atom. The third-order valence-corrected chi connectivity index (χ3v) is 4.84. The Kier molecular flexibility index (Phi) is 4.05. The number of nitrogens with zero attached hydrogens (tertiary/aromatic N) is 2. The fourth-order valence-electron chi connectivity index (χ4n) is 3.54. The Labute approximate surface area is 115 Å². The summed E-state index contributed by atoms with van der Waals surface area (Å²) in [4.78, 5) is 17.1. The number of ether oxygens (including phenoxy) is 1. The van der Waals surface area contributed by atoms with E-state index in [9.17, 15) is 4.79 Å². The van der Waals surface area contributed by atoms with Crippen molar-refractivity contribution >= 4 is 5.91 Å². The van der Waals surface area contributed by atoms with Crippen LogP contribution in [0.1, 0.15) is 19.8 Å². The number of nitrogens with one attached hydrogen (secondary N) is 1. The molecule has 3 aliphatic heterocycles. The Hall–Kier alpha value is -0.650. The Morgan fingerprint density at radius 3 is 2.68 bits per heavy atom. The third-order valence-electron chi connectivity index (χ3n) is 4.84. The minimum Gasteiger partial charge on any atom is -0.379 e. The van der Waals surface area contributed by atoms with E-state index >= 15 is 0 Å². The highest BCUT2D eigenvalue weighted by Gasteiger charge is 2.37. The molecule has 3 unspecified atom stereocenters. The largest absolute Gasteiger partial charge is 0.379 e. The quantitative estimate of drug-likeness (QED) is 0.760. The van der Waals surface area contributed by atoms with E-state index in [0.29, 0.717) is 17.9 Å². The summed E-state index contributed by atoms with van der Waals surface area (Å²) in [5, 5.41) is 3.35. The van der Waals surface area contributed by atoms with E-state index in [1.54, 1.807) is 0 Å². The maximum Gasteiger partial charge on any atom is 0.240 e. The molecule has 0 radical (unpaired) electrons. The highest BCUT2D eigenvalue weighted by molar-refractivity contribution is 5.82. The molecule has 19 heavy (non-hydrogen) atoms. The minimum absolute atomic E-state index is 0.0587. The second-order valence-corrected chi connectivity index (χ2v) is 6.07. The summed E-state index contributed by atoms with van der Waals surface area (Å²) in [7, 11) is 0. The normalized spacial score (nSPS) is 36.9. The molecule has 0 aromatic heterocycles. The van der Waals surface area contributed by atoms with Gasteiger partial charge in [0.25, 0.3) is 0 Å². The Bertz CT molecular complexity index is 331. The first-order chi connectivity index (χ1) is 9.25. The zero-order valence-corrected chi connectivity index (χ0v) is 11.8. The molecule has 3 saturated heterocycles. The lowest BCUT2D eigenvalue weighted by Gasteiger charge is -2.32. The number of amides is 1. The fourth-order valence-corrected chi connectivity index (χ4v) is 3.54. The van der Waals surface area contributed by atoms with Gasteiger partial charge in [0.1, 0.15) is 0 Å². The number of rotatable bonds is 2. The molecule has 108 valence electrons. The monoisotopic (exact) mass is 267 g/mol. The van der Waals surface area contributed by atoms with Crippen molar-refractivity contribution in [2.75, 3.05) is 45.9 Å². The van der Waals surface area contributed by atoms with E-state index in [1.165, 1.54) is 0 Å². The lowest BCUT2D eigenvalue weighted by molar-refractivity contribution is -0.133. The molecule has 0 bridgehead atoms. The lowest BCUT2D eigenvalue weighted by atomic mass is 10.0. The number of carbonyl (C=O) groups excluding carboxylic acids is 1. The van der Waals surface area contributed by atoms with Crippen molar-refractivity contribution in [2.24, 2.45) is 5.92 Å². The Morgan fingerprint density at radius 2 is 2.00 bits per heavy atom. The zero-order chi connectivity index (χ0) is 13.2. The van der Waals surface area contributed by atoms with Crippen molar-refractivity contribution in [2.45, 2.75) is 31.8 Å². The maximum absolute atomic E-state index is 12.5. The number of carbonyl (C=O) groups is 1. The summed E-state index contributed by atoms with van der Waals surface area (Å²) in [5.74, 6) is 0.802. The van der Waals surface area contributed by atoms with Gasteiger partial charge in [-0.25, -0.2) is 0 Å². The number of hydrogen-bond acceptors (Lipinski definition) is 4. The van der Waals surface area contributed by atoms with Gasteiger partial charge in [-0.2, -0.15) is 0 Å². The molecule has 3 atom stereocenters. The number of hydrogen-bond donors (Lipinski definition) is 1. The SMILES string of the molecule is CC1CCNC1C(=O)N1CCC(N2CCOCC2)C1. The van der Waals surface area contributed by atoms with Crippen LogP contribution in [0.2, 0.25) is 0 Å². The van der Waals surface area contributed by atoms with Gasteiger partial charge in [-0.05, 0) is 25.3 Å². The van der Waals surface area contributed by atoms with Crippen molar-refractivity contribution in [3.63, 3.8) is 0 Å². The highest BCUT2D eigenvalue weighted by Crippen LogP contribution is 2.22. The van der Waals surface area contributed by atoms with Gasteiger partial charge < -0.3 is 15.0 Å². The molecule has 1 N–H and O–H groups in total.